The van der Waals surface area contributed by atoms with Gasteiger partial charge in [-0.2, -0.15) is 0 Å². The molecule has 0 atom stereocenters. The average Bonchev–Trinajstić information content (AvgIpc) is 3.29. The van der Waals surface area contributed by atoms with Gasteiger partial charge in [-0.3, -0.25) is 4.79 Å². The first-order chi connectivity index (χ1) is 12.7. The maximum Gasteiger partial charge on any atom is 0.338 e. The Morgan fingerprint density at radius 3 is 2.65 bits per heavy atom. The lowest BCUT2D eigenvalue weighted by Gasteiger charge is -2.06. The summed E-state index contributed by atoms with van der Waals surface area (Å²) >= 11 is 0. The zero-order valence-corrected chi connectivity index (χ0v) is 13.9. The van der Waals surface area contributed by atoms with E-state index in [9.17, 15) is 9.59 Å². The van der Waals surface area contributed by atoms with Gasteiger partial charge in [0.15, 0.2) is 0 Å². The monoisotopic (exact) mass is 344 g/mol. The van der Waals surface area contributed by atoms with Gasteiger partial charge in [-0.1, -0.05) is 30.3 Å². The van der Waals surface area contributed by atoms with Crippen LogP contribution < -0.4 is 5.32 Å². The number of nitrogens with one attached hydrogen (secondary N) is 2. The maximum atomic E-state index is 12.4. The van der Waals surface area contributed by atoms with Crippen molar-refractivity contribution < 1.29 is 14.3 Å². The van der Waals surface area contributed by atoms with Crippen molar-refractivity contribution in [3.63, 3.8) is 0 Å². The number of amides is 1. The molecule has 5 heteroatoms. The minimum Gasteiger partial charge on any atom is -0.457 e. The molecule has 0 spiro atoms. The van der Waals surface area contributed by atoms with Gasteiger partial charge in [-0.25, -0.2) is 4.79 Å². The Bertz CT molecular complexity index is 989. The van der Waals surface area contributed by atoms with E-state index in [4.69, 9.17) is 4.74 Å². The van der Waals surface area contributed by atoms with Gasteiger partial charge in [-0.05, 0) is 42.0 Å². The Hall–Kier alpha value is -3.60. The molecule has 1 amide bonds. The second-order valence-electron chi connectivity index (χ2n) is 5.96. The summed E-state index contributed by atoms with van der Waals surface area (Å²) in [6.45, 7) is 0.207. The number of hydrogen-bond donors (Lipinski definition) is 2. The van der Waals surface area contributed by atoms with Crippen LogP contribution in [0.2, 0.25) is 0 Å². The SMILES string of the molecule is O=C1Nc2ccc(C(=O)OCc3ccccc3)cc2C1=Cc1ccc[nH]1. The third-order valence-electron chi connectivity index (χ3n) is 4.17. The zero-order chi connectivity index (χ0) is 17.9. The number of carbonyl (C=O) groups excluding carboxylic acids is 2. The summed E-state index contributed by atoms with van der Waals surface area (Å²) in [5.41, 5.74) is 4.05. The molecule has 1 aliphatic rings. The van der Waals surface area contributed by atoms with Crippen LogP contribution in [0.1, 0.15) is 27.2 Å². The van der Waals surface area contributed by atoms with Gasteiger partial charge in [0.05, 0.1) is 11.1 Å². The molecule has 0 unspecified atom stereocenters. The van der Waals surface area contributed by atoms with E-state index in [1.54, 1.807) is 30.5 Å². The number of ether oxygens (including phenoxy) is 1. The van der Waals surface area contributed by atoms with Gasteiger partial charge in [0.1, 0.15) is 6.61 Å². The molecule has 0 saturated heterocycles. The molecule has 0 aliphatic carbocycles. The van der Waals surface area contributed by atoms with E-state index < -0.39 is 5.97 Å². The molecule has 128 valence electrons. The van der Waals surface area contributed by atoms with E-state index in [1.807, 2.05) is 42.5 Å². The normalized spacial score (nSPS) is 14.2. The summed E-state index contributed by atoms with van der Waals surface area (Å²) in [5.74, 6) is -0.611. The highest BCUT2D eigenvalue weighted by atomic mass is 16.5. The molecule has 2 aromatic carbocycles. The number of hydrogen-bond acceptors (Lipinski definition) is 3. The van der Waals surface area contributed by atoms with Crippen LogP contribution in [0.25, 0.3) is 11.6 Å². The van der Waals surface area contributed by atoms with Gasteiger partial charge in [-0.15, -0.1) is 0 Å². The van der Waals surface area contributed by atoms with Crippen LogP contribution in [0.3, 0.4) is 0 Å². The lowest BCUT2D eigenvalue weighted by molar-refractivity contribution is -0.110. The number of H-pyrrole nitrogens is 1. The minimum atomic E-state index is -0.421. The second-order valence-corrected chi connectivity index (χ2v) is 5.96. The fourth-order valence-electron chi connectivity index (χ4n) is 2.85. The number of fused-ring (bicyclic) bond motifs is 1. The van der Waals surface area contributed by atoms with E-state index in [1.165, 1.54) is 0 Å². The van der Waals surface area contributed by atoms with Crippen molar-refractivity contribution in [1.29, 1.82) is 0 Å². The standard InChI is InChI=1S/C21H16N2O3/c24-20-18(12-16-7-4-10-22-16)17-11-15(8-9-19(17)23-20)21(25)26-13-14-5-2-1-3-6-14/h1-12,22H,13H2,(H,23,24). The van der Waals surface area contributed by atoms with Crippen LogP contribution >= 0.6 is 0 Å². The van der Waals surface area contributed by atoms with E-state index in [2.05, 4.69) is 10.3 Å². The fourth-order valence-corrected chi connectivity index (χ4v) is 2.85. The van der Waals surface area contributed by atoms with Gasteiger partial charge in [0, 0.05) is 23.1 Å². The van der Waals surface area contributed by atoms with Gasteiger partial charge in [0.25, 0.3) is 5.91 Å². The van der Waals surface area contributed by atoms with E-state index in [0.29, 0.717) is 22.4 Å². The minimum absolute atomic E-state index is 0.190. The highest BCUT2D eigenvalue weighted by Gasteiger charge is 2.25. The van der Waals surface area contributed by atoms with E-state index >= 15 is 0 Å². The summed E-state index contributed by atoms with van der Waals surface area (Å²) in [7, 11) is 0. The third kappa shape index (κ3) is 3.15. The summed E-state index contributed by atoms with van der Waals surface area (Å²) < 4.78 is 5.37. The van der Waals surface area contributed by atoms with Gasteiger partial charge < -0.3 is 15.0 Å². The third-order valence-corrected chi connectivity index (χ3v) is 4.17. The zero-order valence-electron chi connectivity index (χ0n) is 13.9. The van der Waals surface area contributed by atoms with Crippen molar-refractivity contribution >= 4 is 29.2 Å². The molecule has 2 heterocycles. The van der Waals surface area contributed by atoms with Crippen molar-refractivity contribution in [2.45, 2.75) is 6.61 Å². The topological polar surface area (TPSA) is 71.2 Å². The highest BCUT2D eigenvalue weighted by molar-refractivity contribution is 6.35. The maximum absolute atomic E-state index is 12.4. The van der Waals surface area contributed by atoms with Crippen LogP contribution in [-0.2, 0) is 16.1 Å². The first-order valence-corrected chi connectivity index (χ1v) is 8.22. The lowest BCUT2D eigenvalue weighted by atomic mass is 10.0. The first kappa shape index (κ1) is 15.9. The van der Waals surface area contributed by atoms with Crippen molar-refractivity contribution in [2.75, 3.05) is 5.32 Å². The number of aromatic nitrogens is 1. The van der Waals surface area contributed by atoms with Crippen LogP contribution in [-0.4, -0.2) is 16.9 Å². The lowest BCUT2D eigenvalue weighted by Crippen LogP contribution is -2.05. The predicted octanol–water partition coefficient (Wildman–Crippen LogP) is 3.86. The largest absolute Gasteiger partial charge is 0.457 e. The summed E-state index contributed by atoms with van der Waals surface area (Å²) in [6, 6.07) is 18.3. The van der Waals surface area contributed by atoms with Gasteiger partial charge in [0.2, 0.25) is 0 Å². The summed E-state index contributed by atoms with van der Waals surface area (Å²) in [5, 5.41) is 2.81. The van der Waals surface area contributed by atoms with Crippen LogP contribution in [0.15, 0.2) is 66.9 Å². The van der Waals surface area contributed by atoms with Gasteiger partial charge >= 0.3 is 5.97 Å². The Balaban J connectivity index is 1.58. The Morgan fingerprint density at radius 1 is 1.04 bits per heavy atom. The van der Waals surface area contributed by atoms with Crippen molar-refractivity contribution in [1.82, 2.24) is 4.98 Å². The predicted molar refractivity (Wildman–Crippen MR) is 99.3 cm³/mol. The van der Waals surface area contributed by atoms with Crippen molar-refractivity contribution in [3.05, 3.63) is 89.2 Å². The molecule has 2 N–H and O–H groups in total. The van der Waals surface area contributed by atoms with Crippen molar-refractivity contribution in [3.8, 4) is 0 Å². The van der Waals surface area contributed by atoms with E-state index in [0.717, 1.165) is 11.3 Å². The molecule has 0 radical (unpaired) electrons. The number of aromatic amines is 1. The van der Waals surface area contributed by atoms with Crippen LogP contribution in [0.5, 0.6) is 0 Å². The molecule has 3 aromatic rings. The number of carbonyl (C=O) groups is 2. The Morgan fingerprint density at radius 2 is 1.88 bits per heavy atom. The Labute approximate surface area is 150 Å². The molecular formula is C21H16N2O3. The molecule has 0 saturated carbocycles. The Kier molecular flexibility index (Phi) is 4.11. The fraction of sp³-hybridized carbons (Fsp3) is 0.0476. The number of esters is 1. The molecule has 0 fully saturated rings. The number of rotatable bonds is 4. The molecule has 4 rings (SSSR count). The van der Waals surface area contributed by atoms with Crippen LogP contribution in [0.4, 0.5) is 5.69 Å². The smallest absolute Gasteiger partial charge is 0.338 e. The molecule has 0 bridgehead atoms. The average molecular weight is 344 g/mol. The molecule has 1 aliphatic heterocycles. The van der Waals surface area contributed by atoms with Crippen molar-refractivity contribution in [2.24, 2.45) is 0 Å². The summed E-state index contributed by atoms with van der Waals surface area (Å²) in [4.78, 5) is 27.7. The van der Waals surface area contributed by atoms with Crippen LogP contribution in [0, 0.1) is 0 Å². The van der Waals surface area contributed by atoms with E-state index in [-0.39, 0.29) is 12.5 Å². The number of benzene rings is 2. The first-order valence-electron chi connectivity index (χ1n) is 8.22. The quantitative estimate of drug-likeness (QED) is 0.557. The molecule has 5 nitrogen and oxygen atoms in total. The molecule has 26 heavy (non-hydrogen) atoms. The second kappa shape index (κ2) is 6.72. The number of anilines is 1. The summed E-state index contributed by atoms with van der Waals surface area (Å²) in [6.07, 6.45) is 3.55. The highest BCUT2D eigenvalue weighted by Crippen LogP contribution is 2.33. The molecular weight excluding hydrogens is 328 g/mol. The molecule has 1 aromatic heterocycles.